The molecule has 0 aliphatic heterocycles. The van der Waals surface area contributed by atoms with Crippen LogP contribution in [0.2, 0.25) is 0 Å². The van der Waals surface area contributed by atoms with Crippen molar-refractivity contribution in [3.05, 3.63) is 53.5 Å². The van der Waals surface area contributed by atoms with Gasteiger partial charge in [0.05, 0.1) is 0 Å². The smallest absolute Gasteiger partial charge is 0.219 e. The predicted octanol–water partition coefficient (Wildman–Crippen LogP) is 3.99. The number of nitrogens with zero attached hydrogens (tertiary/aromatic N) is 1. The molecule has 1 unspecified atom stereocenters. The molecule has 106 valence electrons. The van der Waals surface area contributed by atoms with Gasteiger partial charge in [-0.15, -0.1) is 0 Å². The molecule has 0 bridgehead atoms. The predicted molar refractivity (Wildman–Crippen MR) is 77.5 cm³/mol. The van der Waals surface area contributed by atoms with Gasteiger partial charge in [-0.2, -0.15) is 0 Å². The summed E-state index contributed by atoms with van der Waals surface area (Å²) < 4.78 is 19.2. The van der Waals surface area contributed by atoms with Gasteiger partial charge in [-0.05, 0) is 49.7 Å². The fourth-order valence-electron chi connectivity index (χ4n) is 1.98. The first kappa shape index (κ1) is 14.5. The van der Waals surface area contributed by atoms with Crippen molar-refractivity contribution in [2.75, 3.05) is 6.54 Å². The van der Waals surface area contributed by atoms with Crippen molar-refractivity contribution < 1.29 is 9.13 Å². The molecule has 0 aliphatic rings. The molecule has 0 fully saturated rings. The first-order valence-electron chi connectivity index (χ1n) is 6.73. The number of pyridine rings is 1. The zero-order chi connectivity index (χ0) is 14.5. The topological polar surface area (TPSA) is 34.2 Å². The number of ether oxygens (including phenoxy) is 1. The van der Waals surface area contributed by atoms with Gasteiger partial charge < -0.3 is 10.1 Å². The molecule has 0 saturated heterocycles. The van der Waals surface area contributed by atoms with Crippen LogP contribution in [0.4, 0.5) is 4.39 Å². The molecule has 1 aromatic carbocycles. The van der Waals surface area contributed by atoms with Gasteiger partial charge >= 0.3 is 0 Å². The van der Waals surface area contributed by atoms with Crippen LogP contribution in [0.25, 0.3) is 0 Å². The van der Waals surface area contributed by atoms with Gasteiger partial charge in [0, 0.05) is 18.3 Å². The summed E-state index contributed by atoms with van der Waals surface area (Å²) in [6.45, 7) is 6.89. The summed E-state index contributed by atoms with van der Waals surface area (Å²) >= 11 is 0. The van der Waals surface area contributed by atoms with E-state index in [4.69, 9.17) is 4.74 Å². The van der Waals surface area contributed by atoms with Crippen molar-refractivity contribution >= 4 is 0 Å². The molecule has 3 nitrogen and oxygen atoms in total. The van der Waals surface area contributed by atoms with Gasteiger partial charge in [-0.1, -0.05) is 13.0 Å². The molecule has 2 aromatic rings. The van der Waals surface area contributed by atoms with E-state index >= 15 is 0 Å². The minimum atomic E-state index is -0.387. The second kappa shape index (κ2) is 6.48. The third-order valence-electron chi connectivity index (χ3n) is 3.07. The highest BCUT2D eigenvalue weighted by atomic mass is 19.1. The normalized spacial score (nSPS) is 12.2. The van der Waals surface area contributed by atoms with E-state index in [1.165, 1.54) is 6.07 Å². The van der Waals surface area contributed by atoms with Crippen molar-refractivity contribution in [1.82, 2.24) is 10.3 Å². The number of aryl methyl sites for hydroxylation is 1. The quantitative estimate of drug-likeness (QED) is 0.895. The SMILES string of the molecule is CCNC(C)c1ccnc(Oc2cc(C)ccc2F)c1. The lowest BCUT2D eigenvalue weighted by Crippen LogP contribution is -2.17. The summed E-state index contributed by atoms with van der Waals surface area (Å²) in [6.07, 6.45) is 1.67. The standard InChI is InChI=1S/C16H19FN2O/c1-4-18-12(3)13-7-8-19-16(10-13)20-15-9-11(2)5-6-14(15)17/h5-10,12,18H,4H2,1-3H3. The van der Waals surface area contributed by atoms with E-state index in [-0.39, 0.29) is 17.6 Å². The van der Waals surface area contributed by atoms with Gasteiger partial charge in [0.25, 0.3) is 0 Å². The molecule has 4 heteroatoms. The Morgan fingerprint density at radius 3 is 2.85 bits per heavy atom. The van der Waals surface area contributed by atoms with Crippen LogP contribution in [0.1, 0.15) is 31.0 Å². The minimum absolute atomic E-state index is 0.200. The van der Waals surface area contributed by atoms with Crippen LogP contribution in [0.3, 0.4) is 0 Å². The molecule has 1 heterocycles. The van der Waals surface area contributed by atoms with Crippen LogP contribution in [0, 0.1) is 12.7 Å². The van der Waals surface area contributed by atoms with Gasteiger partial charge in [-0.3, -0.25) is 0 Å². The van der Waals surface area contributed by atoms with E-state index in [9.17, 15) is 4.39 Å². The van der Waals surface area contributed by atoms with Crippen molar-refractivity contribution in [3.8, 4) is 11.6 Å². The molecule has 0 saturated carbocycles. The molecule has 1 N–H and O–H groups in total. The van der Waals surface area contributed by atoms with Crippen LogP contribution < -0.4 is 10.1 Å². The third-order valence-corrected chi connectivity index (χ3v) is 3.07. The molecule has 20 heavy (non-hydrogen) atoms. The monoisotopic (exact) mass is 274 g/mol. The second-order valence-electron chi connectivity index (χ2n) is 4.74. The molecule has 0 radical (unpaired) electrons. The highest BCUT2D eigenvalue weighted by Crippen LogP contribution is 2.25. The molecule has 0 amide bonds. The number of aromatic nitrogens is 1. The van der Waals surface area contributed by atoms with Crippen LogP contribution >= 0.6 is 0 Å². The maximum absolute atomic E-state index is 13.7. The summed E-state index contributed by atoms with van der Waals surface area (Å²) in [5.41, 5.74) is 2.00. The first-order chi connectivity index (χ1) is 9.60. The van der Waals surface area contributed by atoms with Gasteiger partial charge in [0.1, 0.15) is 0 Å². The average molecular weight is 274 g/mol. The summed E-state index contributed by atoms with van der Waals surface area (Å²) in [7, 11) is 0. The minimum Gasteiger partial charge on any atom is -0.436 e. The number of rotatable bonds is 5. The Labute approximate surface area is 118 Å². The fraction of sp³-hybridized carbons (Fsp3) is 0.312. The maximum Gasteiger partial charge on any atom is 0.219 e. The molecule has 2 rings (SSSR count). The van der Waals surface area contributed by atoms with Crippen molar-refractivity contribution in [1.29, 1.82) is 0 Å². The Hall–Kier alpha value is -1.94. The lowest BCUT2D eigenvalue weighted by atomic mass is 10.1. The zero-order valence-electron chi connectivity index (χ0n) is 12.0. The summed E-state index contributed by atoms with van der Waals surface area (Å²) in [4.78, 5) is 4.13. The molecule has 1 atom stereocenters. The molecular formula is C16H19FN2O. The molecule has 0 spiro atoms. The Balaban J connectivity index is 2.21. The third kappa shape index (κ3) is 3.54. The van der Waals surface area contributed by atoms with Crippen molar-refractivity contribution in [2.45, 2.75) is 26.8 Å². The summed E-state index contributed by atoms with van der Waals surface area (Å²) in [6, 6.07) is 8.72. The highest BCUT2D eigenvalue weighted by molar-refractivity contribution is 5.33. The number of benzene rings is 1. The first-order valence-corrected chi connectivity index (χ1v) is 6.73. The van der Waals surface area contributed by atoms with Crippen LogP contribution in [0.15, 0.2) is 36.5 Å². The van der Waals surface area contributed by atoms with Crippen LogP contribution in [-0.4, -0.2) is 11.5 Å². The van der Waals surface area contributed by atoms with Crippen molar-refractivity contribution in [3.63, 3.8) is 0 Å². The maximum atomic E-state index is 13.7. The zero-order valence-corrected chi connectivity index (χ0v) is 12.0. The Morgan fingerprint density at radius 2 is 2.10 bits per heavy atom. The number of halogens is 1. The van der Waals surface area contributed by atoms with E-state index in [1.54, 1.807) is 18.3 Å². The Morgan fingerprint density at radius 1 is 1.30 bits per heavy atom. The second-order valence-corrected chi connectivity index (χ2v) is 4.74. The van der Waals surface area contributed by atoms with E-state index in [1.807, 2.05) is 19.1 Å². The summed E-state index contributed by atoms with van der Waals surface area (Å²) in [5.74, 6) is 0.213. The van der Waals surface area contributed by atoms with Gasteiger partial charge in [0.15, 0.2) is 11.6 Å². The lowest BCUT2D eigenvalue weighted by Gasteiger charge is -2.13. The number of hydrogen-bond donors (Lipinski definition) is 1. The Kier molecular flexibility index (Phi) is 4.69. The molecule has 0 aliphatic carbocycles. The number of nitrogens with one attached hydrogen (secondary N) is 1. The van der Waals surface area contributed by atoms with Crippen LogP contribution in [-0.2, 0) is 0 Å². The summed E-state index contributed by atoms with van der Waals surface area (Å²) in [5, 5.41) is 3.32. The molecular weight excluding hydrogens is 255 g/mol. The largest absolute Gasteiger partial charge is 0.436 e. The fourth-order valence-corrected chi connectivity index (χ4v) is 1.98. The van der Waals surface area contributed by atoms with E-state index < -0.39 is 0 Å². The van der Waals surface area contributed by atoms with E-state index in [0.717, 1.165) is 17.7 Å². The van der Waals surface area contributed by atoms with Crippen LogP contribution in [0.5, 0.6) is 11.6 Å². The van der Waals surface area contributed by atoms with E-state index in [2.05, 4.69) is 24.1 Å². The number of hydrogen-bond acceptors (Lipinski definition) is 3. The molecule has 1 aromatic heterocycles. The van der Waals surface area contributed by atoms with Crippen molar-refractivity contribution in [2.24, 2.45) is 0 Å². The van der Waals surface area contributed by atoms with E-state index in [0.29, 0.717) is 5.88 Å². The highest BCUT2D eigenvalue weighted by Gasteiger charge is 2.09. The van der Waals surface area contributed by atoms with Gasteiger partial charge in [-0.25, -0.2) is 9.37 Å². The lowest BCUT2D eigenvalue weighted by molar-refractivity contribution is 0.425. The van der Waals surface area contributed by atoms with Gasteiger partial charge in [0.2, 0.25) is 5.88 Å². The average Bonchev–Trinajstić information content (AvgIpc) is 2.43. The Bertz CT molecular complexity index is 586.